The molecule has 0 spiro atoms. The van der Waals surface area contributed by atoms with Gasteiger partial charge in [-0.2, -0.15) is 0 Å². The maximum absolute atomic E-state index is 10.4. The van der Waals surface area contributed by atoms with Gasteiger partial charge in [-0.1, -0.05) is 30.3 Å². The van der Waals surface area contributed by atoms with E-state index in [2.05, 4.69) is 5.32 Å². The van der Waals surface area contributed by atoms with Gasteiger partial charge in [0.1, 0.15) is 5.60 Å². The molecule has 3 nitrogen and oxygen atoms in total. The second-order valence-electron chi connectivity index (χ2n) is 4.90. The molecular weight excluding hydrogens is 214 g/mol. The molecule has 0 aromatic heterocycles. The summed E-state index contributed by atoms with van der Waals surface area (Å²) in [6, 6.07) is 9.70. The van der Waals surface area contributed by atoms with E-state index in [9.17, 15) is 5.11 Å². The fraction of sp³-hybridized carbons (Fsp3) is 0.571. The molecule has 1 fully saturated rings. The van der Waals surface area contributed by atoms with E-state index >= 15 is 0 Å². The minimum absolute atomic E-state index is 0.284. The lowest BCUT2D eigenvalue weighted by molar-refractivity contribution is -0.0735. The predicted molar refractivity (Wildman–Crippen MR) is 67.9 cm³/mol. The Morgan fingerprint density at radius 2 is 1.94 bits per heavy atom. The number of nitrogens with one attached hydrogen (secondary N) is 1. The van der Waals surface area contributed by atoms with Gasteiger partial charge in [0.2, 0.25) is 0 Å². The normalized spacial score (nSPS) is 21.1. The summed E-state index contributed by atoms with van der Waals surface area (Å²) in [7, 11) is 0. The van der Waals surface area contributed by atoms with Crippen molar-refractivity contribution in [2.24, 2.45) is 0 Å². The van der Waals surface area contributed by atoms with Crippen LogP contribution >= 0.6 is 0 Å². The quantitative estimate of drug-likeness (QED) is 0.834. The molecule has 0 bridgehead atoms. The molecule has 1 saturated heterocycles. The third kappa shape index (κ3) is 3.53. The van der Waals surface area contributed by atoms with Crippen LogP contribution in [0.2, 0.25) is 0 Å². The minimum atomic E-state index is -0.897. The van der Waals surface area contributed by atoms with Crippen LogP contribution in [0.3, 0.4) is 0 Å². The number of benzene rings is 1. The summed E-state index contributed by atoms with van der Waals surface area (Å²) in [5.74, 6) is 0. The minimum Gasteiger partial charge on any atom is -0.383 e. The van der Waals surface area contributed by atoms with Gasteiger partial charge in [0.15, 0.2) is 0 Å². The summed E-state index contributed by atoms with van der Waals surface area (Å²) in [5, 5.41) is 13.7. The van der Waals surface area contributed by atoms with Crippen LogP contribution in [0, 0.1) is 0 Å². The second kappa shape index (κ2) is 5.63. The van der Waals surface area contributed by atoms with Crippen LogP contribution in [-0.4, -0.2) is 30.9 Å². The Kier molecular flexibility index (Phi) is 4.15. The van der Waals surface area contributed by atoms with Gasteiger partial charge >= 0.3 is 0 Å². The molecule has 0 saturated carbocycles. The van der Waals surface area contributed by atoms with E-state index < -0.39 is 5.60 Å². The lowest BCUT2D eigenvalue weighted by atomic mass is 9.97. The van der Waals surface area contributed by atoms with Gasteiger partial charge < -0.3 is 15.2 Å². The maximum atomic E-state index is 10.4. The summed E-state index contributed by atoms with van der Waals surface area (Å²) >= 11 is 0. The standard InChI is InChI=1S/C14H21NO2/c1-14(16,12-5-3-2-4-6-12)11-17-13-7-9-15-10-8-13/h2-6,13,15-16H,7-11H2,1H3. The first-order valence-corrected chi connectivity index (χ1v) is 6.29. The monoisotopic (exact) mass is 235 g/mol. The molecule has 0 amide bonds. The molecule has 1 atom stereocenters. The van der Waals surface area contributed by atoms with Crippen LogP contribution in [0.15, 0.2) is 30.3 Å². The largest absolute Gasteiger partial charge is 0.383 e. The van der Waals surface area contributed by atoms with Crippen molar-refractivity contribution in [1.29, 1.82) is 0 Å². The van der Waals surface area contributed by atoms with Gasteiger partial charge in [0.05, 0.1) is 12.7 Å². The van der Waals surface area contributed by atoms with E-state index in [-0.39, 0.29) is 6.10 Å². The Morgan fingerprint density at radius 1 is 1.29 bits per heavy atom. The Hall–Kier alpha value is -0.900. The van der Waals surface area contributed by atoms with Crippen LogP contribution in [0.1, 0.15) is 25.3 Å². The Balaban J connectivity index is 1.88. The summed E-state index contributed by atoms with van der Waals surface area (Å²) in [4.78, 5) is 0. The number of rotatable bonds is 4. The molecule has 0 aliphatic carbocycles. The zero-order valence-corrected chi connectivity index (χ0v) is 10.4. The molecule has 17 heavy (non-hydrogen) atoms. The Bertz CT molecular complexity index is 331. The first-order valence-electron chi connectivity index (χ1n) is 6.29. The molecule has 1 heterocycles. The van der Waals surface area contributed by atoms with E-state index in [1.54, 1.807) is 0 Å². The average molecular weight is 235 g/mol. The first kappa shape index (κ1) is 12.6. The van der Waals surface area contributed by atoms with Crippen LogP contribution < -0.4 is 5.32 Å². The maximum Gasteiger partial charge on any atom is 0.110 e. The molecule has 1 aromatic carbocycles. The number of aliphatic hydroxyl groups is 1. The van der Waals surface area contributed by atoms with Crippen LogP contribution in [0.5, 0.6) is 0 Å². The summed E-state index contributed by atoms with van der Waals surface area (Å²) < 4.78 is 5.81. The van der Waals surface area contributed by atoms with Crippen molar-refractivity contribution in [2.45, 2.75) is 31.5 Å². The molecule has 94 valence electrons. The van der Waals surface area contributed by atoms with E-state index in [0.29, 0.717) is 6.61 Å². The van der Waals surface area contributed by atoms with Crippen molar-refractivity contribution in [3.05, 3.63) is 35.9 Å². The smallest absolute Gasteiger partial charge is 0.110 e. The van der Waals surface area contributed by atoms with Gasteiger partial charge in [0.25, 0.3) is 0 Å². The Morgan fingerprint density at radius 3 is 2.59 bits per heavy atom. The summed E-state index contributed by atoms with van der Waals surface area (Å²) in [6.07, 6.45) is 2.35. The second-order valence-corrected chi connectivity index (χ2v) is 4.90. The van der Waals surface area contributed by atoms with Crippen LogP contribution in [-0.2, 0) is 10.3 Å². The van der Waals surface area contributed by atoms with Gasteiger partial charge in [0, 0.05) is 0 Å². The van der Waals surface area contributed by atoms with E-state index in [0.717, 1.165) is 31.5 Å². The number of hydrogen-bond acceptors (Lipinski definition) is 3. The third-order valence-electron chi connectivity index (χ3n) is 3.28. The lowest BCUT2D eigenvalue weighted by Crippen LogP contribution is -2.36. The van der Waals surface area contributed by atoms with Gasteiger partial charge in [-0.25, -0.2) is 0 Å². The Labute approximate surface area is 103 Å². The fourth-order valence-corrected chi connectivity index (χ4v) is 2.12. The molecule has 1 unspecified atom stereocenters. The van der Waals surface area contributed by atoms with Gasteiger partial charge in [-0.3, -0.25) is 0 Å². The molecule has 1 aromatic rings. The third-order valence-corrected chi connectivity index (χ3v) is 3.28. The molecule has 3 heteroatoms. The molecule has 1 aliphatic rings. The van der Waals surface area contributed by atoms with Crippen LogP contribution in [0.25, 0.3) is 0 Å². The number of piperidine rings is 1. The molecule has 2 N–H and O–H groups in total. The van der Waals surface area contributed by atoms with Gasteiger partial charge in [-0.15, -0.1) is 0 Å². The highest BCUT2D eigenvalue weighted by molar-refractivity contribution is 5.21. The highest BCUT2D eigenvalue weighted by atomic mass is 16.5. The zero-order chi connectivity index (χ0) is 12.1. The van der Waals surface area contributed by atoms with Crippen molar-refractivity contribution in [1.82, 2.24) is 5.32 Å². The van der Waals surface area contributed by atoms with Crippen molar-refractivity contribution in [3.63, 3.8) is 0 Å². The van der Waals surface area contributed by atoms with Crippen molar-refractivity contribution in [3.8, 4) is 0 Å². The average Bonchev–Trinajstić information content (AvgIpc) is 2.39. The lowest BCUT2D eigenvalue weighted by Gasteiger charge is -2.29. The summed E-state index contributed by atoms with van der Waals surface area (Å²) in [5.41, 5.74) is 0.0144. The first-order chi connectivity index (χ1) is 8.18. The number of ether oxygens (including phenoxy) is 1. The highest BCUT2D eigenvalue weighted by Crippen LogP contribution is 2.22. The fourth-order valence-electron chi connectivity index (χ4n) is 2.12. The summed E-state index contributed by atoms with van der Waals surface area (Å²) in [6.45, 7) is 4.20. The molecule has 2 rings (SSSR count). The van der Waals surface area contributed by atoms with E-state index in [1.807, 2.05) is 37.3 Å². The predicted octanol–water partition coefficient (Wildman–Crippen LogP) is 1.66. The van der Waals surface area contributed by atoms with E-state index in [4.69, 9.17) is 4.74 Å². The highest BCUT2D eigenvalue weighted by Gasteiger charge is 2.25. The molecular formula is C14H21NO2. The van der Waals surface area contributed by atoms with Crippen molar-refractivity contribution < 1.29 is 9.84 Å². The SMILES string of the molecule is CC(O)(COC1CCNCC1)c1ccccc1. The zero-order valence-electron chi connectivity index (χ0n) is 10.4. The van der Waals surface area contributed by atoms with Crippen LogP contribution in [0.4, 0.5) is 0 Å². The van der Waals surface area contributed by atoms with Crippen molar-refractivity contribution >= 4 is 0 Å². The molecule has 1 aliphatic heterocycles. The van der Waals surface area contributed by atoms with Crippen molar-refractivity contribution in [2.75, 3.05) is 19.7 Å². The topological polar surface area (TPSA) is 41.5 Å². The number of hydrogen-bond donors (Lipinski definition) is 2. The van der Waals surface area contributed by atoms with E-state index in [1.165, 1.54) is 0 Å². The molecule has 0 radical (unpaired) electrons. The van der Waals surface area contributed by atoms with Gasteiger partial charge in [-0.05, 0) is 38.4 Å².